The van der Waals surface area contributed by atoms with Gasteiger partial charge in [-0.15, -0.1) is 0 Å². The van der Waals surface area contributed by atoms with Crippen LogP contribution in [0.1, 0.15) is 54.5 Å². The third-order valence-corrected chi connectivity index (χ3v) is 6.20. The molecule has 178 valence electrons. The normalized spacial score (nSPS) is 13.1. The zero-order valence-electron chi connectivity index (χ0n) is 19.6. The van der Waals surface area contributed by atoms with E-state index in [-0.39, 0.29) is 28.3 Å². The first-order valence-corrected chi connectivity index (χ1v) is 11.0. The minimum absolute atomic E-state index is 0.0970. The molecule has 10 heteroatoms. The number of nitrogens with zero attached hydrogens (tertiary/aromatic N) is 4. The molecule has 0 heterocycles. The molecule has 0 saturated carbocycles. The van der Waals surface area contributed by atoms with Gasteiger partial charge in [0.2, 0.25) is 0 Å². The molecule has 35 heavy (non-hydrogen) atoms. The van der Waals surface area contributed by atoms with Gasteiger partial charge in [-0.2, -0.15) is 0 Å². The average molecular weight is 474 g/mol. The van der Waals surface area contributed by atoms with Gasteiger partial charge >= 0.3 is 0 Å². The van der Waals surface area contributed by atoms with Crippen LogP contribution >= 0.6 is 0 Å². The van der Waals surface area contributed by atoms with Crippen molar-refractivity contribution in [3.05, 3.63) is 101 Å². The third-order valence-electron chi connectivity index (χ3n) is 6.20. The lowest BCUT2D eigenvalue weighted by Crippen LogP contribution is -2.03. The first-order valence-electron chi connectivity index (χ1n) is 11.0. The summed E-state index contributed by atoms with van der Waals surface area (Å²) in [5.74, 6) is 0.122. The number of benzene rings is 3. The third kappa shape index (κ3) is 3.92. The number of hydrogen-bond donors (Lipinski definition) is 0. The molecule has 10 nitrogen and oxygen atoms in total. The van der Waals surface area contributed by atoms with Crippen molar-refractivity contribution in [3.63, 3.8) is 0 Å². The predicted octanol–water partition coefficient (Wildman–Crippen LogP) is 6.55. The summed E-state index contributed by atoms with van der Waals surface area (Å²) in [6.07, 6.45) is 0.358. The molecule has 0 aromatic heterocycles. The van der Waals surface area contributed by atoms with Crippen LogP contribution < -0.4 is 0 Å². The van der Waals surface area contributed by atoms with Crippen LogP contribution in [0.3, 0.4) is 0 Å². The van der Waals surface area contributed by atoms with Crippen LogP contribution in [0.5, 0.6) is 0 Å². The molecule has 0 atom stereocenters. The van der Waals surface area contributed by atoms with E-state index >= 15 is 0 Å². The van der Waals surface area contributed by atoms with Crippen LogP contribution in [0, 0.1) is 37.3 Å². The van der Waals surface area contributed by atoms with Crippen LogP contribution in [-0.4, -0.2) is 20.5 Å². The Kier molecular flexibility index (Phi) is 5.89. The molecule has 1 aliphatic rings. The van der Waals surface area contributed by atoms with E-state index in [0.29, 0.717) is 28.9 Å². The summed E-state index contributed by atoms with van der Waals surface area (Å²) in [6, 6.07) is 10.8. The SMILES string of the molecule is CCc1cc2c(cc1[N+](=O)[O-])-c1c(cc([N+](=O)[O-])cc1[N+](=O)[O-])C2=Nc1c(C)cccc1C(C)C. The highest BCUT2D eigenvalue weighted by atomic mass is 16.6. The highest BCUT2D eigenvalue weighted by Gasteiger charge is 2.37. The summed E-state index contributed by atoms with van der Waals surface area (Å²) in [5, 5.41) is 35.3. The Labute approximate surface area is 200 Å². The molecule has 3 aromatic rings. The highest BCUT2D eigenvalue weighted by molar-refractivity contribution is 6.27. The van der Waals surface area contributed by atoms with Gasteiger partial charge in [0, 0.05) is 34.4 Å². The van der Waals surface area contributed by atoms with Crippen LogP contribution in [0.4, 0.5) is 22.7 Å². The van der Waals surface area contributed by atoms with Gasteiger partial charge in [-0.3, -0.25) is 30.3 Å². The summed E-state index contributed by atoms with van der Waals surface area (Å²) in [6.45, 7) is 7.71. The van der Waals surface area contributed by atoms with E-state index in [9.17, 15) is 30.3 Å². The molecule has 0 bridgehead atoms. The molecule has 0 aliphatic heterocycles. The number of para-hydroxylation sites is 1. The Hall–Kier alpha value is -4.47. The summed E-state index contributed by atoms with van der Waals surface area (Å²) in [7, 11) is 0. The molecule has 0 radical (unpaired) electrons. The fourth-order valence-electron chi connectivity index (χ4n) is 4.50. The van der Waals surface area contributed by atoms with E-state index in [0.717, 1.165) is 17.2 Å². The first-order chi connectivity index (χ1) is 16.5. The zero-order valence-corrected chi connectivity index (χ0v) is 19.6. The van der Waals surface area contributed by atoms with Crippen molar-refractivity contribution in [2.45, 2.75) is 40.0 Å². The predicted molar refractivity (Wildman–Crippen MR) is 132 cm³/mol. The summed E-state index contributed by atoms with van der Waals surface area (Å²) in [5.41, 5.74) is 3.20. The van der Waals surface area contributed by atoms with Gasteiger partial charge in [-0.25, -0.2) is 4.99 Å². The van der Waals surface area contributed by atoms with Crippen LogP contribution in [0.15, 0.2) is 47.5 Å². The van der Waals surface area contributed by atoms with Crippen LogP contribution in [0.25, 0.3) is 11.1 Å². The number of hydrogen-bond acceptors (Lipinski definition) is 7. The second kappa shape index (κ2) is 8.71. The van der Waals surface area contributed by atoms with Crippen molar-refractivity contribution in [3.8, 4) is 11.1 Å². The van der Waals surface area contributed by atoms with Crippen molar-refractivity contribution < 1.29 is 14.8 Å². The van der Waals surface area contributed by atoms with E-state index in [2.05, 4.69) is 0 Å². The number of rotatable bonds is 6. The van der Waals surface area contributed by atoms with Crippen molar-refractivity contribution >= 4 is 28.5 Å². The van der Waals surface area contributed by atoms with Gasteiger partial charge in [0.1, 0.15) is 0 Å². The molecule has 4 rings (SSSR count). The number of nitro groups is 3. The molecule has 0 spiro atoms. The maximum absolute atomic E-state index is 12.0. The molecule has 0 saturated heterocycles. The summed E-state index contributed by atoms with van der Waals surface area (Å²) >= 11 is 0. The Morgan fingerprint density at radius 3 is 2.11 bits per heavy atom. The van der Waals surface area contributed by atoms with Gasteiger partial charge in [-0.05, 0) is 36.5 Å². The largest absolute Gasteiger partial charge is 0.284 e. The minimum atomic E-state index is -0.703. The van der Waals surface area contributed by atoms with Gasteiger partial charge < -0.3 is 0 Å². The average Bonchev–Trinajstić information content (AvgIpc) is 3.10. The molecule has 1 aliphatic carbocycles. The van der Waals surface area contributed by atoms with E-state index < -0.39 is 26.1 Å². The highest BCUT2D eigenvalue weighted by Crippen LogP contribution is 2.48. The number of aliphatic imine (C=N–C) groups is 1. The second-order valence-corrected chi connectivity index (χ2v) is 8.67. The zero-order chi connectivity index (χ0) is 25.6. The monoisotopic (exact) mass is 474 g/mol. The fourth-order valence-corrected chi connectivity index (χ4v) is 4.50. The van der Waals surface area contributed by atoms with Gasteiger partial charge in [0.05, 0.1) is 37.8 Å². The Balaban J connectivity index is 2.17. The quantitative estimate of drug-likeness (QED) is 0.229. The smallest absolute Gasteiger partial charge is 0.258 e. The van der Waals surface area contributed by atoms with Crippen LogP contribution in [0.2, 0.25) is 0 Å². The van der Waals surface area contributed by atoms with Gasteiger partial charge in [-0.1, -0.05) is 39.0 Å². The number of nitro benzene ring substituents is 3. The topological polar surface area (TPSA) is 142 Å². The maximum atomic E-state index is 12.0. The minimum Gasteiger partial charge on any atom is -0.258 e. The van der Waals surface area contributed by atoms with Crippen molar-refractivity contribution in [2.24, 2.45) is 4.99 Å². The van der Waals surface area contributed by atoms with Crippen LogP contribution in [-0.2, 0) is 6.42 Å². The molecular formula is C25H22N4O6. The van der Waals surface area contributed by atoms with E-state index in [1.165, 1.54) is 12.1 Å². The molecular weight excluding hydrogens is 452 g/mol. The molecule has 0 fully saturated rings. The number of aryl methyl sites for hydroxylation is 2. The fraction of sp³-hybridized carbons (Fsp3) is 0.240. The van der Waals surface area contributed by atoms with Crippen molar-refractivity contribution in [1.29, 1.82) is 0 Å². The molecule has 0 unspecified atom stereocenters. The standard InChI is InChI=1S/C25H22N4O6/c1-5-15-9-19-18(12-21(15)28(32)33)23-20(10-16(27(30)31)11-22(23)29(34)35)25(19)26-24-14(4)7-6-8-17(24)13(2)3/h6-13H,5H2,1-4H3. The van der Waals surface area contributed by atoms with E-state index in [1.807, 2.05) is 39.0 Å². The number of fused-ring (bicyclic) bond motifs is 3. The first kappa shape index (κ1) is 23.7. The molecule has 0 amide bonds. The Morgan fingerprint density at radius 1 is 0.857 bits per heavy atom. The number of non-ortho nitro benzene ring substituents is 1. The van der Waals surface area contributed by atoms with Crippen molar-refractivity contribution in [2.75, 3.05) is 0 Å². The lowest BCUT2D eigenvalue weighted by atomic mass is 9.97. The molecule has 3 aromatic carbocycles. The van der Waals surface area contributed by atoms with Gasteiger partial charge in [0.25, 0.3) is 17.1 Å². The maximum Gasteiger partial charge on any atom is 0.284 e. The Bertz CT molecular complexity index is 1460. The lowest BCUT2D eigenvalue weighted by molar-refractivity contribution is -0.393. The lowest BCUT2D eigenvalue weighted by Gasteiger charge is -2.13. The van der Waals surface area contributed by atoms with E-state index in [1.54, 1.807) is 13.0 Å². The summed E-state index contributed by atoms with van der Waals surface area (Å²) < 4.78 is 0. The summed E-state index contributed by atoms with van der Waals surface area (Å²) in [4.78, 5) is 38.3. The van der Waals surface area contributed by atoms with Crippen molar-refractivity contribution in [1.82, 2.24) is 0 Å². The van der Waals surface area contributed by atoms with E-state index in [4.69, 9.17) is 4.99 Å². The van der Waals surface area contributed by atoms with Gasteiger partial charge in [0.15, 0.2) is 0 Å². The molecule has 0 N–H and O–H groups in total. The Morgan fingerprint density at radius 2 is 1.54 bits per heavy atom. The second-order valence-electron chi connectivity index (χ2n) is 8.67.